The second-order valence-electron chi connectivity index (χ2n) is 3.67. The highest BCUT2D eigenvalue weighted by molar-refractivity contribution is 6.03. The van der Waals surface area contributed by atoms with Crippen LogP contribution >= 0.6 is 0 Å². The van der Waals surface area contributed by atoms with Crippen molar-refractivity contribution in [3.8, 4) is 0 Å². The van der Waals surface area contributed by atoms with E-state index in [2.05, 4.69) is 10.2 Å². The molecule has 0 fully saturated rings. The van der Waals surface area contributed by atoms with Gasteiger partial charge in [-0.05, 0) is 6.07 Å². The van der Waals surface area contributed by atoms with Gasteiger partial charge in [0.15, 0.2) is 0 Å². The maximum Gasteiger partial charge on any atom is 0.463 e. The number of carbonyl (C=O) groups excluding carboxylic acids is 1. The molecular weight excluding hydrogens is 273 g/mol. The number of H-pyrrole nitrogens is 1. The smallest absolute Gasteiger partial charge is 0.319 e. The molecule has 2 rings (SSSR count). The third-order valence-corrected chi connectivity index (χ3v) is 2.37. The minimum Gasteiger partial charge on any atom is -0.319 e. The SMILES string of the molecule is O=C(Nc1cccc2cn[nH]c12)C(F)(F)C(F)(F)F. The number of aromatic amines is 1. The number of benzene rings is 1. The first kappa shape index (κ1) is 13.2. The molecule has 19 heavy (non-hydrogen) atoms. The lowest BCUT2D eigenvalue weighted by Crippen LogP contribution is -2.47. The molecule has 1 aromatic carbocycles. The van der Waals surface area contributed by atoms with Crippen molar-refractivity contribution in [2.75, 3.05) is 5.32 Å². The zero-order valence-corrected chi connectivity index (χ0v) is 9.05. The van der Waals surface area contributed by atoms with E-state index in [0.717, 1.165) is 0 Å². The van der Waals surface area contributed by atoms with Gasteiger partial charge in [-0.2, -0.15) is 27.1 Å². The average molecular weight is 279 g/mol. The van der Waals surface area contributed by atoms with Crippen LogP contribution in [0.15, 0.2) is 24.4 Å². The van der Waals surface area contributed by atoms with Crippen molar-refractivity contribution in [3.05, 3.63) is 24.4 Å². The van der Waals surface area contributed by atoms with Crippen LogP contribution in [0.1, 0.15) is 0 Å². The van der Waals surface area contributed by atoms with Crippen LogP contribution in [0.5, 0.6) is 0 Å². The Kier molecular flexibility index (Phi) is 2.91. The van der Waals surface area contributed by atoms with Gasteiger partial charge in [-0.1, -0.05) is 12.1 Å². The normalized spacial score (nSPS) is 12.7. The van der Waals surface area contributed by atoms with Crippen LogP contribution in [0.3, 0.4) is 0 Å². The number of hydrogen-bond acceptors (Lipinski definition) is 2. The fourth-order valence-corrected chi connectivity index (χ4v) is 1.40. The zero-order valence-electron chi connectivity index (χ0n) is 9.05. The van der Waals surface area contributed by atoms with Crippen LogP contribution in [0, 0.1) is 0 Å². The van der Waals surface area contributed by atoms with E-state index in [1.807, 2.05) is 0 Å². The lowest BCUT2D eigenvalue weighted by atomic mass is 10.2. The van der Waals surface area contributed by atoms with Gasteiger partial charge in [0.25, 0.3) is 0 Å². The van der Waals surface area contributed by atoms with Gasteiger partial charge in [0.1, 0.15) is 0 Å². The number of amides is 1. The second-order valence-corrected chi connectivity index (χ2v) is 3.67. The van der Waals surface area contributed by atoms with Crippen LogP contribution in [0.4, 0.5) is 27.6 Å². The van der Waals surface area contributed by atoms with E-state index < -0.39 is 18.0 Å². The largest absolute Gasteiger partial charge is 0.463 e. The van der Waals surface area contributed by atoms with Crippen molar-refractivity contribution in [3.63, 3.8) is 0 Å². The van der Waals surface area contributed by atoms with Crippen LogP contribution < -0.4 is 5.32 Å². The first-order chi connectivity index (χ1) is 8.73. The molecule has 2 aromatic rings. The molecule has 4 nitrogen and oxygen atoms in total. The van der Waals surface area contributed by atoms with E-state index in [1.165, 1.54) is 23.6 Å². The Morgan fingerprint density at radius 3 is 2.53 bits per heavy atom. The number of aromatic nitrogens is 2. The standard InChI is InChI=1S/C10H6F5N3O/c11-9(12,10(13,14)15)8(19)17-6-3-1-2-5-4-16-18-7(5)6/h1-4H,(H,16,18)(H,17,19). The highest BCUT2D eigenvalue weighted by atomic mass is 19.4. The molecule has 1 heterocycles. The van der Waals surface area contributed by atoms with E-state index in [-0.39, 0.29) is 11.2 Å². The summed E-state index contributed by atoms with van der Waals surface area (Å²) >= 11 is 0. The average Bonchev–Trinajstić information content (AvgIpc) is 2.76. The Morgan fingerprint density at radius 1 is 1.21 bits per heavy atom. The summed E-state index contributed by atoms with van der Waals surface area (Å²) in [5.41, 5.74) is -0.0438. The highest BCUT2D eigenvalue weighted by Crippen LogP contribution is 2.36. The van der Waals surface area contributed by atoms with Crippen molar-refractivity contribution in [2.45, 2.75) is 12.1 Å². The van der Waals surface area contributed by atoms with Gasteiger partial charge >= 0.3 is 18.0 Å². The highest BCUT2D eigenvalue weighted by Gasteiger charge is 2.63. The number of halogens is 5. The van der Waals surface area contributed by atoms with E-state index in [9.17, 15) is 26.7 Å². The lowest BCUT2D eigenvalue weighted by Gasteiger charge is -2.18. The Morgan fingerprint density at radius 2 is 1.89 bits per heavy atom. The van der Waals surface area contributed by atoms with Gasteiger partial charge in [-0.3, -0.25) is 9.89 Å². The number of carbonyl (C=O) groups is 1. The first-order valence-electron chi connectivity index (χ1n) is 4.91. The van der Waals surface area contributed by atoms with E-state index in [4.69, 9.17) is 0 Å². The molecule has 0 spiro atoms. The second kappa shape index (κ2) is 4.18. The van der Waals surface area contributed by atoms with Crippen molar-refractivity contribution >= 4 is 22.5 Å². The van der Waals surface area contributed by atoms with Crippen molar-refractivity contribution in [2.24, 2.45) is 0 Å². The van der Waals surface area contributed by atoms with Crippen molar-refractivity contribution in [1.29, 1.82) is 0 Å². The number of nitrogens with zero attached hydrogens (tertiary/aromatic N) is 1. The third-order valence-electron chi connectivity index (χ3n) is 2.37. The number of anilines is 1. The summed E-state index contributed by atoms with van der Waals surface area (Å²) in [5, 5.41) is 7.99. The Hall–Kier alpha value is -2.19. The molecule has 0 bridgehead atoms. The van der Waals surface area contributed by atoms with Crippen molar-refractivity contribution in [1.82, 2.24) is 10.2 Å². The van der Waals surface area contributed by atoms with Gasteiger partial charge in [-0.15, -0.1) is 0 Å². The molecule has 1 aromatic heterocycles. The minimum absolute atomic E-state index is 0.161. The maximum atomic E-state index is 12.8. The topological polar surface area (TPSA) is 57.8 Å². The molecular formula is C10H6F5N3O. The summed E-state index contributed by atoms with van der Waals surface area (Å²) < 4.78 is 61.6. The molecule has 0 saturated heterocycles. The van der Waals surface area contributed by atoms with Gasteiger partial charge < -0.3 is 5.32 Å². The molecule has 1 amide bonds. The number of nitrogens with one attached hydrogen (secondary N) is 2. The number of alkyl halides is 5. The molecule has 0 aliphatic rings. The van der Waals surface area contributed by atoms with E-state index in [0.29, 0.717) is 5.39 Å². The predicted octanol–water partition coefficient (Wildman–Crippen LogP) is 2.70. The van der Waals surface area contributed by atoms with E-state index >= 15 is 0 Å². The first-order valence-corrected chi connectivity index (χ1v) is 4.91. The van der Waals surface area contributed by atoms with Crippen LogP contribution in [0.2, 0.25) is 0 Å². The monoisotopic (exact) mass is 279 g/mol. The quantitative estimate of drug-likeness (QED) is 0.830. The molecule has 102 valence electrons. The molecule has 0 unspecified atom stereocenters. The molecule has 2 N–H and O–H groups in total. The fraction of sp³-hybridized carbons (Fsp3) is 0.200. The molecule has 0 radical (unpaired) electrons. The summed E-state index contributed by atoms with van der Waals surface area (Å²) in [6.45, 7) is 0. The molecule has 0 aliphatic heterocycles. The summed E-state index contributed by atoms with van der Waals surface area (Å²) in [6.07, 6.45) is -4.61. The van der Waals surface area contributed by atoms with Gasteiger partial charge in [0, 0.05) is 5.39 Å². The van der Waals surface area contributed by atoms with E-state index in [1.54, 1.807) is 6.07 Å². The molecule has 0 aliphatic carbocycles. The number of rotatable bonds is 2. The van der Waals surface area contributed by atoms with Crippen LogP contribution in [-0.2, 0) is 4.79 Å². The summed E-state index contributed by atoms with van der Waals surface area (Å²) in [5.74, 6) is -7.91. The van der Waals surface area contributed by atoms with Gasteiger partial charge in [0.2, 0.25) is 0 Å². The third kappa shape index (κ3) is 2.23. The zero-order chi connectivity index (χ0) is 14.3. The Balaban J connectivity index is 2.31. The number of fused-ring (bicyclic) bond motifs is 1. The van der Waals surface area contributed by atoms with Crippen molar-refractivity contribution < 1.29 is 26.7 Å². The Labute approximate surface area is 102 Å². The Bertz CT molecular complexity index is 619. The summed E-state index contributed by atoms with van der Waals surface area (Å²) in [7, 11) is 0. The maximum absolute atomic E-state index is 12.8. The van der Waals surface area contributed by atoms with Gasteiger partial charge in [-0.25, -0.2) is 0 Å². The predicted molar refractivity (Wildman–Crippen MR) is 55.7 cm³/mol. The fourth-order valence-electron chi connectivity index (χ4n) is 1.40. The summed E-state index contributed by atoms with van der Waals surface area (Å²) in [6, 6.07) is 4.13. The molecule has 0 atom stereocenters. The minimum atomic E-state index is -5.95. The number of para-hydroxylation sites is 1. The van der Waals surface area contributed by atoms with Crippen LogP contribution in [-0.4, -0.2) is 28.2 Å². The summed E-state index contributed by atoms with van der Waals surface area (Å²) in [4.78, 5) is 11.0. The van der Waals surface area contributed by atoms with Gasteiger partial charge in [0.05, 0.1) is 17.4 Å². The molecule has 0 saturated carbocycles. The van der Waals surface area contributed by atoms with Crippen LogP contribution in [0.25, 0.3) is 10.9 Å². The number of hydrogen-bond donors (Lipinski definition) is 2. The molecule has 9 heteroatoms. The lowest BCUT2D eigenvalue weighted by molar-refractivity contribution is -0.267.